The molecule has 1 unspecified atom stereocenters. The minimum absolute atomic E-state index is 0.181. The average Bonchev–Trinajstić information content (AvgIpc) is 2.72. The Balaban J connectivity index is 2.12. The van der Waals surface area contributed by atoms with Gasteiger partial charge >= 0.3 is 0 Å². The molecule has 0 saturated heterocycles. The van der Waals surface area contributed by atoms with Crippen LogP contribution >= 0.6 is 0 Å². The van der Waals surface area contributed by atoms with Crippen molar-refractivity contribution in [1.82, 2.24) is 4.90 Å². The van der Waals surface area contributed by atoms with Gasteiger partial charge in [0.05, 0.1) is 6.04 Å². The van der Waals surface area contributed by atoms with E-state index in [-0.39, 0.29) is 5.82 Å². The van der Waals surface area contributed by atoms with Crippen LogP contribution in [0.1, 0.15) is 32.8 Å². The Morgan fingerprint density at radius 3 is 2.55 bits per heavy atom. The third-order valence-electron chi connectivity index (χ3n) is 4.19. The predicted octanol–water partition coefficient (Wildman–Crippen LogP) is 4.54. The predicted molar refractivity (Wildman–Crippen MR) is 81.6 cm³/mol. The van der Waals surface area contributed by atoms with E-state index in [9.17, 15) is 4.39 Å². The summed E-state index contributed by atoms with van der Waals surface area (Å²) < 4.78 is 13.2. The topological polar surface area (TPSA) is 3.24 Å². The average molecular weight is 269 g/mol. The van der Waals surface area contributed by atoms with E-state index in [0.717, 1.165) is 12.0 Å². The smallest absolute Gasteiger partial charge is 0.123 e. The first-order chi connectivity index (χ1) is 9.59. The van der Waals surface area contributed by atoms with Crippen LogP contribution < -0.4 is 0 Å². The van der Waals surface area contributed by atoms with Gasteiger partial charge in [-0.15, -0.1) is 0 Å². The lowest BCUT2D eigenvalue weighted by molar-refractivity contribution is 0.248. The fourth-order valence-corrected chi connectivity index (χ4v) is 3.44. The molecule has 0 saturated carbocycles. The van der Waals surface area contributed by atoms with Crippen LogP contribution in [0.4, 0.5) is 4.39 Å². The first kappa shape index (κ1) is 13.2. The normalized spacial score (nSPS) is 21.6. The van der Waals surface area contributed by atoms with E-state index in [0.29, 0.717) is 12.1 Å². The maximum atomic E-state index is 13.2. The van der Waals surface area contributed by atoms with Crippen LogP contribution in [0.2, 0.25) is 0 Å². The number of fused-ring (bicyclic) bond motifs is 1. The van der Waals surface area contributed by atoms with Crippen molar-refractivity contribution in [3.63, 3.8) is 0 Å². The summed E-state index contributed by atoms with van der Waals surface area (Å²) in [6, 6.07) is 7.75. The van der Waals surface area contributed by atoms with Crippen LogP contribution in [0.5, 0.6) is 0 Å². The quantitative estimate of drug-likeness (QED) is 0.762. The molecule has 0 N–H and O–H groups in total. The van der Waals surface area contributed by atoms with Gasteiger partial charge < -0.3 is 4.90 Å². The molecule has 1 nitrogen and oxygen atoms in total. The number of benzene rings is 1. The Kier molecular flexibility index (Phi) is 3.25. The maximum Gasteiger partial charge on any atom is 0.123 e. The van der Waals surface area contributed by atoms with Gasteiger partial charge in [0.2, 0.25) is 0 Å². The van der Waals surface area contributed by atoms with E-state index >= 15 is 0 Å². The highest BCUT2D eigenvalue weighted by Gasteiger charge is 2.35. The largest absolute Gasteiger partial charge is 0.365 e. The van der Waals surface area contributed by atoms with Gasteiger partial charge in [0.15, 0.2) is 0 Å². The molecule has 1 aromatic rings. The molecule has 0 fully saturated rings. The van der Waals surface area contributed by atoms with Gasteiger partial charge in [0.25, 0.3) is 0 Å². The summed E-state index contributed by atoms with van der Waals surface area (Å²) in [5, 5.41) is 0. The summed E-state index contributed by atoms with van der Waals surface area (Å²) >= 11 is 0. The number of halogens is 1. The summed E-state index contributed by atoms with van der Waals surface area (Å²) in [4.78, 5) is 2.48. The highest BCUT2D eigenvalue weighted by atomic mass is 19.1. The van der Waals surface area contributed by atoms with Crippen molar-refractivity contribution in [3.05, 3.63) is 65.1 Å². The van der Waals surface area contributed by atoms with Crippen molar-refractivity contribution >= 4 is 5.57 Å². The Morgan fingerprint density at radius 1 is 1.20 bits per heavy atom. The van der Waals surface area contributed by atoms with Crippen LogP contribution in [0.15, 0.2) is 53.8 Å². The lowest BCUT2D eigenvalue weighted by Crippen LogP contribution is -2.36. The minimum Gasteiger partial charge on any atom is -0.365 e. The number of allylic oxidation sites excluding steroid dienone is 3. The van der Waals surface area contributed by atoms with Crippen LogP contribution in [0.25, 0.3) is 5.57 Å². The zero-order chi connectivity index (χ0) is 14.3. The fourth-order valence-electron chi connectivity index (χ4n) is 3.44. The van der Waals surface area contributed by atoms with E-state index in [4.69, 9.17) is 0 Å². The molecular formula is C18H20FN. The van der Waals surface area contributed by atoms with Gasteiger partial charge in [0.1, 0.15) is 5.82 Å². The Labute approximate surface area is 120 Å². The van der Waals surface area contributed by atoms with Crippen molar-refractivity contribution in [3.8, 4) is 0 Å². The molecule has 0 spiro atoms. The molecule has 0 amide bonds. The Hall–Kier alpha value is -1.83. The van der Waals surface area contributed by atoms with Crippen molar-refractivity contribution in [2.24, 2.45) is 0 Å². The van der Waals surface area contributed by atoms with Gasteiger partial charge in [-0.3, -0.25) is 0 Å². The maximum absolute atomic E-state index is 13.2. The van der Waals surface area contributed by atoms with Crippen molar-refractivity contribution in [1.29, 1.82) is 0 Å². The summed E-state index contributed by atoms with van der Waals surface area (Å²) in [6.45, 7) is 6.64. The summed E-state index contributed by atoms with van der Waals surface area (Å²) in [6.07, 6.45) is 7.61. The van der Waals surface area contributed by atoms with E-state index in [1.54, 1.807) is 12.1 Å². The molecule has 0 aromatic heterocycles. The minimum atomic E-state index is -0.181. The number of hydrogen-bond donors (Lipinski definition) is 0. The second-order valence-corrected chi connectivity index (χ2v) is 5.77. The highest BCUT2D eigenvalue weighted by molar-refractivity contribution is 5.85. The summed E-state index contributed by atoms with van der Waals surface area (Å²) in [5.41, 5.74) is 5.04. The second kappa shape index (κ2) is 4.93. The summed E-state index contributed by atoms with van der Waals surface area (Å²) in [5.74, 6) is -0.181. The molecule has 2 heteroatoms. The van der Waals surface area contributed by atoms with Gasteiger partial charge in [-0.2, -0.15) is 0 Å². The number of hydrogen-bond acceptors (Lipinski definition) is 1. The second-order valence-electron chi connectivity index (χ2n) is 5.77. The molecule has 104 valence electrons. The van der Waals surface area contributed by atoms with Crippen molar-refractivity contribution < 1.29 is 4.39 Å². The van der Waals surface area contributed by atoms with Gasteiger partial charge in [0, 0.05) is 17.3 Å². The standard InChI is InChI=1S/C18H20FN/c1-12(2)20-13(3)18(14-8-10-15(19)11-9-14)16-6-4-5-7-17(16)20/h4-6,8-12,17H,7H2,1-3H3. The first-order valence-corrected chi connectivity index (χ1v) is 7.22. The SMILES string of the molecule is CC1=C(c2ccc(F)cc2)C2=CC=CCC2N1C(C)C. The molecule has 1 aliphatic heterocycles. The molecule has 1 aromatic carbocycles. The third-order valence-corrected chi connectivity index (χ3v) is 4.19. The fraction of sp³-hybridized carbons (Fsp3) is 0.333. The molecule has 0 bridgehead atoms. The summed E-state index contributed by atoms with van der Waals surface area (Å²) in [7, 11) is 0. The van der Waals surface area contributed by atoms with E-state index in [1.807, 2.05) is 12.1 Å². The van der Waals surface area contributed by atoms with Crippen molar-refractivity contribution in [2.45, 2.75) is 39.3 Å². The third kappa shape index (κ3) is 2.00. The Morgan fingerprint density at radius 2 is 1.90 bits per heavy atom. The number of rotatable bonds is 2. The zero-order valence-corrected chi connectivity index (χ0v) is 12.2. The van der Waals surface area contributed by atoms with E-state index in [1.165, 1.54) is 16.8 Å². The van der Waals surface area contributed by atoms with Crippen LogP contribution in [0, 0.1) is 5.82 Å². The molecule has 20 heavy (non-hydrogen) atoms. The number of nitrogens with zero attached hydrogens (tertiary/aromatic N) is 1. The van der Waals surface area contributed by atoms with Crippen LogP contribution in [-0.4, -0.2) is 17.0 Å². The molecule has 2 aliphatic rings. The van der Waals surface area contributed by atoms with Gasteiger partial charge in [-0.1, -0.05) is 30.4 Å². The van der Waals surface area contributed by atoms with E-state index < -0.39 is 0 Å². The molecule has 3 rings (SSSR count). The molecule has 0 radical (unpaired) electrons. The van der Waals surface area contributed by atoms with Gasteiger partial charge in [-0.25, -0.2) is 4.39 Å². The molecule has 1 heterocycles. The molecule has 1 aliphatic carbocycles. The zero-order valence-electron chi connectivity index (χ0n) is 12.2. The highest BCUT2D eigenvalue weighted by Crippen LogP contribution is 2.43. The van der Waals surface area contributed by atoms with Crippen LogP contribution in [-0.2, 0) is 0 Å². The first-order valence-electron chi connectivity index (χ1n) is 7.22. The molecular weight excluding hydrogens is 249 g/mol. The van der Waals surface area contributed by atoms with Crippen LogP contribution in [0.3, 0.4) is 0 Å². The van der Waals surface area contributed by atoms with E-state index in [2.05, 4.69) is 43.9 Å². The lowest BCUT2D eigenvalue weighted by atomic mass is 9.91. The monoisotopic (exact) mass is 269 g/mol. The molecule has 1 atom stereocenters. The lowest BCUT2D eigenvalue weighted by Gasteiger charge is -2.33. The Bertz CT molecular complexity index is 605. The van der Waals surface area contributed by atoms with Gasteiger partial charge in [-0.05, 0) is 50.5 Å². The van der Waals surface area contributed by atoms with Crippen molar-refractivity contribution in [2.75, 3.05) is 0 Å².